The third-order valence-corrected chi connectivity index (χ3v) is 3.12. The minimum atomic E-state index is -0.158. The average molecular weight is 258 g/mol. The fourth-order valence-electron chi connectivity index (χ4n) is 2.04. The van der Waals surface area contributed by atoms with Crippen molar-refractivity contribution in [1.82, 2.24) is 10.2 Å². The van der Waals surface area contributed by atoms with Crippen LogP contribution in [0.5, 0.6) is 0 Å². The second-order valence-corrected chi connectivity index (χ2v) is 4.47. The molecule has 0 amide bonds. The van der Waals surface area contributed by atoms with Crippen LogP contribution in [0.2, 0.25) is 0 Å². The van der Waals surface area contributed by atoms with Crippen molar-refractivity contribution in [3.63, 3.8) is 0 Å². The van der Waals surface area contributed by atoms with E-state index < -0.39 is 0 Å². The van der Waals surface area contributed by atoms with Gasteiger partial charge in [-0.3, -0.25) is 9.69 Å². The summed E-state index contributed by atoms with van der Waals surface area (Å²) in [6, 6.07) is -0.158. The van der Waals surface area contributed by atoms with E-state index in [1.54, 1.807) is 0 Å². The molecule has 0 bridgehead atoms. The molecular weight excluding hydrogens is 232 g/mol. The summed E-state index contributed by atoms with van der Waals surface area (Å²) in [6.07, 6.45) is 1.83. The Morgan fingerprint density at radius 3 is 2.72 bits per heavy atom. The lowest BCUT2D eigenvalue weighted by Gasteiger charge is -2.26. The van der Waals surface area contributed by atoms with E-state index in [1.165, 1.54) is 0 Å². The molecule has 0 radical (unpaired) electrons. The zero-order valence-electron chi connectivity index (χ0n) is 11.6. The molecule has 0 aromatic rings. The lowest BCUT2D eigenvalue weighted by molar-refractivity contribution is -0.145. The zero-order valence-corrected chi connectivity index (χ0v) is 11.6. The first-order valence-corrected chi connectivity index (χ1v) is 6.98. The highest BCUT2D eigenvalue weighted by Gasteiger charge is 2.16. The molecular formula is C13H26N2O3. The molecule has 0 aliphatic carbocycles. The highest BCUT2D eigenvalue weighted by Crippen LogP contribution is 1.99. The first-order chi connectivity index (χ1) is 8.77. The average Bonchev–Trinajstić information content (AvgIpc) is 2.40. The summed E-state index contributed by atoms with van der Waals surface area (Å²) in [5.41, 5.74) is 0. The molecule has 1 saturated heterocycles. The van der Waals surface area contributed by atoms with E-state index in [-0.39, 0.29) is 12.0 Å². The highest BCUT2D eigenvalue weighted by atomic mass is 16.5. The minimum absolute atomic E-state index is 0.133. The molecule has 0 spiro atoms. The first-order valence-electron chi connectivity index (χ1n) is 6.98. The predicted octanol–water partition coefficient (Wildman–Crippen LogP) is 0.640. The summed E-state index contributed by atoms with van der Waals surface area (Å²) in [5, 5.41) is 3.26. The van der Waals surface area contributed by atoms with E-state index in [2.05, 4.69) is 10.2 Å². The zero-order chi connectivity index (χ0) is 13.2. The molecule has 5 heteroatoms. The molecule has 18 heavy (non-hydrogen) atoms. The second kappa shape index (κ2) is 9.30. The predicted molar refractivity (Wildman–Crippen MR) is 70.6 cm³/mol. The summed E-state index contributed by atoms with van der Waals surface area (Å²) in [6.45, 7) is 9.93. The number of nitrogens with one attached hydrogen (secondary N) is 1. The van der Waals surface area contributed by atoms with Crippen LogP contribution in [0.3, 0.4) is 0 Å². The summed E-state index contributed by atoms with van der Waals surface area (Å²) in [4.78, 5) is 14.0. The molecule has 1 heterocycles. The third-order valence-electron chi connectivity index (χ3n) is 3.12. The Hall–Kier alpha value is -0.650. The number of ether oxygens (including phenoxy) is 2. The summed E-state index contributed by atoms with van der Waals surface area (Å²) < 4.78 is 10.3. The standard InChI is InChI=1S/C13H26N2O3/c1-3-12(13(16)18-4-2)14-6-5-7-15-8-10-17-11-9-15/h12,14H,3-11H2,1-2H3. The second-order valence-electron chi connectivity index (χ2n) is 4.47. The van der Waals surface area contributed by atoms with Crippen molar-refractivity contribution in [2.75, 3.05) is 46.0 Å². The Bertz CT molecular complexity index is 230. The highest BCUT2D eigenvalue weighted by molar-refractivity contribution is 5.75. The van der Waals surface area contributed by atoms with E-state index in [4.69, 9.17) is 9.47 Å². The molecule has 0 aromatic heterocycles. The topological polar surface area (TPSA) is 50.8 Å². The van der Waals surface area contributed by atoms with Crippen LogP contribution in [0.25, 0.3) is 0 Å². The Morgan fingerprint density at radius 2 is 2.11 bits per heavy atom. The fraction of sp³-hybridized carbons (Fsp3) is 0.923. The molecule has 1 N–H and O–H groups in total. The van der Waals surface area contributed by atoms with Gasteiger partial charge in [0.1, 0.15) is 6.04 Å². The third kappa shape index (κ3) is 5.80. The van der Waals surface area contributed by atoms with Crippen molar-refractivity contribution in [1.29, 1.82) is 0 Å². The smallest absolute Gasteiger partial charge is 0.323 e. The van der Waals surface area contributed by atoms with Gasteiger partial charge < -0.3 is 14.8 Å². The van der Waals surface area contributed by atoms with Crippen LogP contribution < -0.4 is 5.32 Å². The summed E-state index contributed by atoms with van der Waals surface area (Å²) >= 11 is 0. The lowest BCUT2D eigenvalue weighted by Crippen LogP contribution is -2.41. The van der Waals surface area contributed by atoms with Gasteiger partial charge in [0.05, 0.1) is 19.8 Å². The molecule has 1 aliphatic heterocycles. The number of hydrogen-bond donors (Lipinski definition) is 1. The fourth-order valence-corrected chi connectivity index (χ4v) is 2.04. The van der Waals surface area contributed by atoms with Gasteiger partial charge in [0.15, 0.2) is 0 Å². The largest absolute Gasteiger partial charge is 0.465 e. The Kier molecular flexibility index (Phi) is 7.96. The van der Waals surface area contributed by atoms with Crippen molar-refractivity contribution in [3.8, 4) is 0 Å². The van der Waals surface area contributed by atoms with Crippen LogP contribution in [0, 0.1) is 0 Å². The van der Waals surface area contributed by atoms with Gasteiger partial charge in [0.2, 0.25) is 0 Å². The van der Waals surface area contributed by atoms with Crippen LogP contribution in [0.4, 0.5) is 0 Å². The van der Waals surface area contributed by atoms with Gasteiger partial charge in [-0.05, 0) is 32.9 Å². The van der Waals surface area contributed by atoms with Gasteiger partial charge >= 0.3 is 5.97 Å². The van der Waals surface area contributed by atoms with Gasteiger partial charge in [-0.15, -0.1) is 0 Å². The van der Waals surface area contributed by atoms with E-state index in [0.717, 1.165) is 52.2 Å². The van der Waals surface area contributed by atoms with Crippen LogP contribution >= 0.6 is 0 Å². The Morgan fingerprint density at radius 1 is 1.39 bits per heavy atom. The van der Waals surface area contributed by atoms with Crippen LogP contribution in [-0.4, -0.2) is 62.9 Å². The molecule has 1 atom stereocenters. The van der Waals surface area contributed by atoms with Gasteiger partial charge in [0, 0.05) is 13.1 Å². The Balaban J connectivity index is 2.09. The van der Waals surface area contributed by atoms with E-state index >= 15 is 0 Å². The molecule has 0 aromatic carbocycles. The summed E-state index contributed by atoms with van der Waals surface area (Å²) in [5.74, 6) is -0.133. The molecule has 1 unspecified atom stereocenters. The van der Waals surface area contributed by atoms with E-state index in [9.17, 15) is 4.79 Å². The number of rotatable bonds is 8. The van der Waals surface area contributed by atoms with Gasteiger partial charge in [-0.1, -0.05) is 6.92 Å². The molecule has 0 saturated carbocycles. The minimum Gasteiger partial charge on any atom is -0.465 e. The molecule has 106 valence electrons. The van der Waals surface area contributed by atoms with Gasteiger partial charge in [-0.25, -0.2) is 0 Å². The van der Waals surface area contributed by atoms with Crippen LogP contribution in [0.15, 0.2) is 0 Å². The lowest BCUT2D eigenvalue weighted by atomic mass is 10.2. The van der Waals surface area contributed by atoms with Crippen molar-refractivity contribution >= 4 is 5.97 Å². The maximum Gasteiger partial charge on any atom is 0.323 e. The van der Waals surface area contributed by atoms with Gasteiger partial charge in [0.25, 0.3) is 0 Å². The van der Waals surface area contributed by atoms with Crippen LogP contribution in [0.1, 0.15) is 26.7 Å². The maximum atomic E-state index is 11.6. The molecule has 1 rings (SSSR count). The van der Waals surface area contributed by atoms with Crippen molar-refractivity contribution < 1.29 is 14.3 Å². The van der Waals surface area contributed by atoms with Crippen molar-refractivity contribution in [3.05, 3.63) is 0 Å². The quantitative estimate of drug-likeness (QED) is 0.511. The number of carbonyl (C=O) groups excluding carboxylic acids is 1. The normalized spacial score (nSPS) is 18.6. The molecule has 1 fully saturated rings. The number of nitrogens with zero attached hydrogens (tertiary/aromatic N) is 1. The molecule has 5 nitrogen and oxygen atoms in total. The van der Waals surface area contributed by atoms with E-state index in [1.807, 2.05) is 13.8 Å². The molecule has 1 aliphatic rings. The number of carbonyl (C=O) groups is 1. The van der Waals surface area contributed by atoms with Crippen molar-refractivity contribution in [2.24, 2.45) is 0 Å². The first kappa shape index (κ1) is 15.4. The monoisotopic (exact) mass is 258 g/mol. The number of esters is 1. The number of hydrogen-bond acceptors (Lipinski definition) is 5. The van der Waals surface area contributed by atoms with Crippen molar-refractivity contribution in [2.45, 2.75) is 32.7 Å². The maximum absolute atomic E-state index is 11.6. The van der Waals surface area contributed by atoms with Crippen LogP contribution in [-0.2, 0) is 14.3 Å². The summed E-state index contributed by atoms with van der Waals surface area (Å²) in [7, 11) is 0. The Labute approximate surface area is 110 Å². The van der Waals surface area contributed by atoms with E-state index in [0.29, 0.717) is 6.61 Å². The van der Waals surface area contributed by atoms with Gasteiger partial charge in [-0.2, -0.15) is 0 Å². The SMILES string of the molecule is CCOC(=O)C(CC)NCCCN1CCOCC1. The number of morpholine rings is 1.